The second-order valence-corrected chi connectivity index (χ2v) is 7.44. The van der Waals surface area contributed by atoms with Crippen molar-refractivity contribution in [3.05, 3.63) is 35.1 Å². The van der Waals surface area contributed by atoms with E-state index in [2.05, 4.69) is 4.90 Å². The van der Waals surface area contributed by atoms with E-state index in [4.69, 9.17) is 0 Å². The zero-order valence-electron chi connectivity index (χ0n) is 14.4. The number of nitrogens with zero attached hydrogens (tertiary/aromatic N) is 2. The summed E-state index contributed by atoms with van der Waals surface area (Å²) in [6, 6.07) is 5.35. The molecule has 1 aromatic rings. The normalized spacial score (nSPS) is 25.5. The van der Waals surface area contributed by atoms with Gasteiger partial charge < -0.3 is 10.0 Å². The van der Waals surface area contributed by atoms with Crippen LogP contribution in [0, 0.1) is 18.2 Å². The maximum atomic E-state index is 13.4. The van der Waals surface area contributed by atoms with Crippen molar-refractivity contribution in [2.75, 3.05) is 32.8 Å². The first-order chi connectivity index (χ1) is 11.5. The maximum Gasteiger partial charge on any atom is 0.222 e. The Balaban J connectivity index is 1.67. The highest BCUT2D eigenvalue weighted by atomic mass is 19.1. The number of halogens is 1. The van der Waals surface area contributed by atoms with Crippen molar-refractivity contribution in [3.8, 4) is 0 Å². The van der Waals surface area contributed by atoms with Crippen LogP contribution in [0.15, 0.2) is 18.2 Å². The van der Waals surface area contributed by atoms with Gasteiger partial charge in [-0.1, -0.05) is 12.1 Å². The number of rotatable bonds is 4. The molecule has 2 heterocycles. The van der Waals surface area contributed by atoms with Crippen LogP contribution in [0.3, 0.4) is 0 Å². The van der Waals surface area contributed by atoms with Gasteiger partial charge in [0.2, 0.25) is 5.91 Å². The molecule has 1 amide bonds. The van der Waals surface area contributed by atoms with E-state index in [0.29, 0.717) is 18.5 Å². The van der Waals surface area contributed by atoms with Gasteiger partial charge in [-0.2, -0.15) is 0 Å². The van der Waals surface area contributed by atoms with Gasteiger partial charge in [-0.3, -0.25) is 9.69 Å². The van der Waals surface area contributed by atoms with Crippen molar-refractivity contribution in [2.24, 2.45) is 5.41 Å². The molecular formula is C19H27FN2O2. The van der Waals surface area contributed by atoms with Crippen molar-refractivity contribution in [3.63, 3.8) is 0 Å². The molecule has 5 heteroatoms. The summed E-state index contributed by atoms with van der Waals surface area (Å²) >= 11 is 0. The number of β-amino-alcohol motifs (C(OH)–C–C–N with tert-alkyl or cyclic N) is 1. The van der Waals surface area contributed by atoms with Crippen molar-refractivity contribution in [1.82, 2.24) is 9.80 Å². The van der Waals surface area contributed by atoms with E-state index in [-0.39, 0.29) is 23.7 Å². The number of piperidine rings is 2. The minimum atomic E-state index is -0.153. The monoisotopic (exact) mass is 334 g/mol. The minimum Gasteiger partial charge on any atom is -0.395 e. The molecule has 2 saturated heterocycles. The quantitative estimate of drug-likeness (QED) is 0.919. The third kappa shape index (κ3) is 3.78. The summed E-state index contributed by atoms with van der Waals surface area (Å²) in [4.78, 5) is 16.3. The van der Waals surface area contributed by atoms with Crippen LogP contribution in [0.4, 0.5) is 4.39 Å². The fourth-order valence-electron chi connectivity index (χ4n) is 4.27. The Morgan fingerprint density at radius 2 is 2.12 bits per heavy atom. The van der Waals surface area contributed by atoms with Gasteiger partial charge in [0, 0.05) is 38.0 Å². The number of likely N-dealkylation sites (tertiary alicyclic amines) is 2. The summed E-state index contributed by atoms with van der Waals surface area (Å²) < 4.78 is 13.4. The number of hydrogen-bond acceptors (Lipinski definition) is 3. The first-order valence-corrected chi connectivity index (χ1v) is 8.87. The second kappa shape index (κ2) is 7.19. The molecule has 2 aliphatic rings. The van der Waals surface area contributed by atoms with E-state index in [1.807, 2.05) is 17.0 Å². The van der Waals surface area contributed by atoms with Gasteiger partial charge >= 0.3 is 0 Å². The number of amides is 1. The fraction of sp³-hybridized carbons (Fsp3) is 0.632. The molecular weight excluding hydrogens is 307 g/mol. The van der Waals surface area contributed by atoms with E-state index >= 15 is 0 Å². The summed E-state index contributed by atoms with van der Waals surface area (Å²) in [6.07, 6.45) is 3.79. The van der Waals surface area contributed by atoms with Gasteiger partial charge in [0.05, 0.1) is 6.61 Å². The molecule has 132 valence electrons. The van der Waals surface area contributed by atoms with Crippen LogP contribution in [0.25, 0.3) is 0 Å². The van der Waals surface area contributed by atoms with E-state index in [1.165, 1.54) is 0 Å². The lowest BCUT2D eigenvalue weighted by Crippen LogP contribution is -2.54. The molecule has 3 rings (SSSR count). The van der Waals surface area contributed by atoms with Crippen LogP contribution in [0.5, 0.6) is 0 Å². The van der Waals surface area contributed by atoms with Crippen LogP contribution >= 0.6 is 0 Å². The zero-order chi connectivity index (χ0) is 17.2. The number of benzene rings is 1. The minimum absolute atomic E-state index is 0.0282. The number of aliphatic hydroxyl groups excluding tert-OH is 1. The molecule has 2 fully saturated rings. The maximum absolute atomic E-state index is 13.4. The Bertz CT molecular complexity index is 607. The van der Waals surface area contributed by atoms with Crippen LogP contribution in [-0.2, 0) is 11.3 Å². The standard InChI is InChI=1S/C19H27FN2O2/c1-15-11-16(3-4-17(15)20)12-21-8-2-6-19(13-21)7-5-18(24)22(14-19)9-10-23/h3-4,11,23H,2,5-10,12-14H2,1H3/t19-/m1/s1. The largest absolute Gasteiger partial charge is 0.395 e. The molecule has 1 spiro atoms. The Kier molecular flexibility index (Phi) is 5.21. The molecule has 1 atom stereocenters. The average Bonchev–Trinajstić information content (AvgIpc) is 2.55. The lowest BCUT2D eigenvalue weighted by Gasteiger charge is -2.48. The summed E-state index contributed by atoms with van der Waals surface area (Å²) in [7, 11) is 0. The van der Waals surface area contributed by atoms with Gasteiger partial charge in [0.15, 0.2) is 0 Å². The Hall–Kier alpha value is -1.46. The number of carbonyl (C=O) groups excluding carboxylic acids is 1. The van der Waals surface area contributed by atoms with E-state index in [1.54, 1.807) is 13.0 Å². The highest BCUT2D eigenvalue weighted by Crippen LogP contribution is 2.39. The molecule has 4 nitrogen and oxygen atoms in total. The zero-order valence-corrected chi connectivity index (χ0v) is 14.4. The topological polar surface area (TPSA) is 43.8 Å². The van der Waals surface area contributed by atoms with Gasteiger partial charge in [0.1, 0.15) is 5.82 Å². The van der Waals surface area contributed by atoms with E-state index in [9.17, 15) is 14.3 Å². The summed E-state index contributed by atoms with van der Waals surface area (Å²) in [5, 5.41) is 9.18. The Morgan fingerprint density at radius 1 is 1.29 bits per heavy atom. The molecule has 2 aliphatic heterocycles. The summed E-state index contributed by atoms with van der Waals surface area (Å²) in [6.45, 7) is 5.88. The fourth-order valence-corrected chi connectivity index (χ4v) is 4.27. The molecule has 0 saturated carbocycles. The summed E-state index contributed by atoms with van der Waals surface area (Å²) in [5.74, 6) is 0.0141. The summed E-state index contributed by atoms with van der Waals surface area (Å²) in [5.41, 5.74) is 1.98. The van der Waals surface area contributed by atoms with Gasteiger partial charge in [-0.25, -0.2) is 4.39 Å². The second-order valence-electron chi connectivity index (χ2n) is 7.44. The predicted molar refractivity (Wildman–Crippen MR) is 91.0 cm³/mol. The van der Waals surface area contributed by atoms with Gasteiger partial charge in [-0.15, -0.1) is 0 Å². The molecule has 0 unspecified atom stereocenters. The molecule has 0 aromatic heterocycles. The van der Waals surface area contributed by atoms with Gasteiger partial charge in [-0.05, 0) is 49.9 Å². The van der Waals surface area contributed by atoms with Gasteiger partial charge in [0.25, 0.3) is 0 Å². The molecule has 0 aliphatic carbocycles. The lowest BCUT2D eigenvalue weighted by atomic mass is 9.73. The third-order valence-electron chi connectivity index (χ3n) is 5.49. The van der Waals surface area contributed by atoms with E-state index < -0.39 is 0 Å². The SMILES string of the molecule is Cc1cc(CN2CCC[C@@]3(CCC(=O)N(CCO)C3)C2)ccc1F. The molecule has 0 bridgehead atoms. The van der Waals surface area contributed by atoms with Crippen LogP contribution in [0.1, 0.15) is 36.8 Å². The molecule has 1 aromatic carbocycles. The van der Waals surface area contributed by atoms with Crippen molar-refractivity contribution in [1.29, 1.82) is 0 Å². The lowest BCUT2D eigenvalue weighted by molar-refractivity contribution is -0.140. The Labute approximate surface area is 143 Å². The molecule has 0 radical (unpaired) electrons. The first-order valence-electron chi connectivity index (χ1n) is 8.87. The molecule has 1 N–H and O–H groups in total. The highest BCUT2D eigenvalue weighted by molar-refractivity contribution is 5.77. The van der Waals surface area contributed by atoms with Crippen molar-refractivity contribution < 1.29 is 14.3 Å². The van der Waals surface area contributed by atoms with Crippen LogP contribution in [0.2, 0.25) is 0 Å². The third-order valence-corrected chi connectivity index (χ3v) is 5.49. The number of aliphatic hydroxyl groups is 1. The smallest absolute Gasteiger partial charge is 0.222 e. The first kappa shape index (κ1) is 17.4. The number of hydrogen-bond donors (Lipinski definition) is 1. The van der Waals surface area contributed by atoms with Crippen molar-refractivity contribution >= 4 is 5.91 Å². The highest BCUT2D eigenvalue weighted by Gasteiger charge is 2.41. The number of aryl methyl sites for hydroxylation is 1. The van der Waals surface area contributed by atoms with Crippen LogP contribution < -0.4 is 0 Å². The predicted octanol–water partition coefficient (Wildman–Crippen LogP) is 2.33. The van der Waals surface area contributed by atoms with Crippen molar-refractivity contribution in [2.45, 2.75) is 39.2 Å². The average molecular weight is 334 g/mol. The van der Waals surface area contributed by atoms with E-state index in [0.717, 1.165) is 51.0 Å². The Morgan fingerprint density at radius 3 is 2.88 bits per heavy atom. The number of carbonyl (C=O) groups is 1. The molecule has 24 heavy (non-hydrogen) atoms. The van der Waals surface area contributed by atoms with Crippen LogP contribution in [-0.4, -0.2) is 53.6 Å².